The number of para-hydroxylation sites is 2. The quantitative estimate of drug-likeness (QED) is 0.728. The molecule has 0 bridgehead atoms. The average Bonchev–Trinajstić information content (AvgIpc) is 2.80. The maximum absolute atomic E-state index is 13.7. The zero-order chi connectivity index (χ0) is 21.7. The number of Topliss-reactive ketones (excluding diaryl/α,β-unsaturated/α-hetero) is 1. The Morgan fingerprint density at radius 1 is 1.17 bits per heavy atom. The number of fused-ring (bicyclic) bond motifs is 1. The van der Waals surface area contributed by atoms with Crippen molar-refractivity contribution in [1.29, 1.82) is 0 Å². The number of ketones is 1. The van der Waals surface area contributed by atoms with Gasteiger partial charge in [-0.05, 0) is 35.6 Å². The highest BCUT2D eigenvalue weighted by Crippen LogP contribution is 2.49. The van der Waals surface area contributed by atoms with Gasteiger partial charge in [0.25, 0.3) is 0 Å². The Labute approximate surface area is 171 Å². The number of rotatable bonds is 1. The highest BCUT2D eigenvalue weighted by Gasteiger charge is 2.50. The number of benzene rings is 1. The molecule has 4 rings (SSSR count). The Morgan fingerprint density at radius 2 is 1.90 bits per heavy atom. The molecule has 0 radical (unpaired) electrons. The Balaban J connectivity index is 2.03. The largest absolute Gasteiger partial charge is 0.471 e. The predicted molar refractivity (Wildman–Crippen MR) is 106 cm³/mol. The van der Waals surface area contributed by atoms with Crippen LogP contribution in [0.15, 0.2) is 60.1 Å². The molecule has 5 nitrogen and oxygen atoms in total. The number of halogens is 3. The normalized spacial score (nSPS) is 20.8. The summed E-state index contributed by atoms with van der Waals surface area (Å²) in [5.41, 5.74) is 1.11. The third kappa shape index (κ3) is 3.46. The molecule has 8 heteroatoms. The molecule has 2 heterocycles. The predicted octanol–water partition coefficient (Wildman–Crippen LogP) is 4.79. The van der Waals surface area contributed by atoms with Gasteiger partial charge in [-0.25, -0.2) is 0 Å². The van der Waals surface area contributed by atoms with Crippen LogP contribution in [-0.4, -0.2) is 22.9 Å². The lowest BCUT2D eigenvalue weighted by atomic mass is 9.73. The lowest BCUT2D eigenvalue weighted by Gasteiger charge is -2.37. The van der Waals surface area contributed by atoms with E-state index in [1.807, 2.05) is 13.8 Å². The summed E-state index contributed by atoms with van der Waals surface area (Å²) >= 11 is 0. The van der Waals surface area contributed by atoms with E-state index in [9.17, 15) is 22.8 Å². The van der Waals surface area contributed by atoms with E-state index in [1.54, 1.807) is 30.3 Å². The SMILES string of the molecule is CC1(C)CC(=O)C2=C(C1)Nc1ccccc1N(C(=O)C(F)(F)F)[C@H]2c1cccnc1. The Morgan fingerprint density at radius 3 is 2.57 bits per heavy atom. The molecule has 1 N–H and O–H groups in total. The number of carbonyl (C=O) groups excluding carboxylic acids is 2. The molecule has 1 aliphatic carbocycles. The van der Waals surface area contributed by atoms with Gasteiger partial charge in [0.15, 0.2) is 5.78 Å². The molecule has 1 amide bonds. The average molecular weight is 415 g/mol. The molecular formula is C22H20F3N3O2. The van der Waals surface area contributed by atoms with Crippen molar-refractivity contribution in [1.82, 2.24) is 4.98 Å². The van der Waals surface area contributed by atoms with Crippen molar-refractivity contribution in [3.8, 4) is 0 Å². The maximum Gasteiger partial charge on any atom is 0.471 e. The number of alkyl halides is 3. The number of nitrogens with one attached hydrogen (secondary N) is 1. The number of pyridine rings is 1. The first-order valence-corrected chi connectivity index (χ1v) is 9.51. The number of aromatic nitrogens is 1. The number of allylic oxidation sites excluding steroid dienone is 1. The van der Waals surface area contributed by atoms with Gasteiger partial charge in [0, 0.05) is 30.1 Å². The van der Waals surface area contributed by atoms with Crippen molar-refractivity contribution >= 4 is 23.1 Å². The van der Waals surface area contributed by atoms with Crippen LogP contribution in [0.5, 0.6) is 0 Å². The summed E-state index contributed by atoms with van der Waals surface area (Å²) in [4.78, 5) is 30.6. The maximum atomic E-state index is 13.7. The highest BCUT2D eigenvalue weighted by molar-refractivity contribution is 6.07. The molecule has 2 aliphatic rings. The zero-order valence-corrected chi connectivity index (χ0v) is 16.5. The van der Waals surface area contributed by atoms with E-state index in [1.165, 1.54) is 18.5 Å². The van der Waals surface area contributed by atoms with Crippen LogP contribution in [0.2, 0.25) is 0 Å². The van der Waals surface area contributed by atoms with Crippen LogP contribution in [-0.2, 0) is 9.59 Å². The van der Waals surface area contributed by atoms with Crippen LogP contribution in [0.1, 0.15) is 38.3 Å². The van der Waals surface area contributed by atoms with Crippen LogP contribution in [0.25, 0.3) is 0 Å². The fraction of sp³-hybridized carbons (Fsp3) is 0.318. The summed E-state index contributed by atoms with van der Waals surface area (Å²) in [5.74, 6) is -2.31. The Hall–Kier alpha value is -3.16. The number of anilines is 2. The fourth-order valence-electron chi connectivity index (χ4n) is 4.20. The van der Waals surface area contributed by atoms with Crippen molar-refractivity contribution in [2.45, 2.75) is 38.9 Å². The van der Waals surface area contributed by atoms with Gasteiger partial charge in [-0.3, -0.25) is 19.5 Å². The molecule has 1 aromatic heterocycles. The number of nitrogens with zero attached hydrogens (tertiary/aromatic N) is 2. The second kappa shape index (κ2) is 6.97. The summed E-state index contributed by atoms with van der Waals surface area (Å²) in [6, 6.07) is 8.21. The van der Waals surface area contributed by atoms with Crippen LogP contribution < -0.4 is 10.2 Å². The third-order valence-corrected chi connectivity index (χ3v) is 5.36. The molecule has 1 aliphatic heterocycles. The molecule has 0 saturated carbocycles. The molecule has 30 heavy (non-hydrogen) atoms. The Kier molecular flexibility index (Phi) is 4.67. The van der Waals surface area contributed by atoms with Crippen molar-refractivity contribution in [2.75, 3.05) is 10.2 Å². The van der Waals surface area contributed by atoms with E-state index < -0.39 is 18.1 Å². The third-order valence-electron chi connectivity index (χ3n) is 5.36. The van der Waals surface area contributed by atoms with Crippen molar-refractivity contribution in [3.63, 3.8) is 0 Å². The van der Waals surface area contributed by atoms with E-state index in [4.69, 9.17) is 0 Å². The van der Waals surface area contributed by atoms with Gasteiger partial charge in [-0.15, -0.1) is 0 Å². The van der Waals surface area contributed by atoms with E-state index in [2.05, 4.69) is 10.3 Å². The molecule has 2 aromatic rings. The molecule has 0 saturated heterocycles. The van der Waals surface area contributed by atoms with Crippen LogP contribution in [0, 0.1) is 5.41 Å². The Bertz CT molecular complexity index is 1050. The summed E-state index contributed by atoms with van der Waals surface area (Å²) in [6.45, 7) is 3.87. The summed E-state index contributed by atoms with van der Waals surface area (Å²) in [6.07, 6.45) is -1.59. The van der Waals surface area contributed by atoms with Crippen molar-refractivity contribution < 1.29 is 22.8 Å². The van der Waals surface area contributed by atoms with Gasteiger partial charge < -0.3 is 5.32 Å². The van der Waals surface area contributed by atoms with Crippen LogP contribution in [0.4, 0.5) is 24.5 Å². The topological polar surface area (TPSA) is 62.3 Å². The van der Waals surface area contributed by atoms with Gasteiger partial charge in [-0.1, -0.05) is 32.0 Å². The molecule has 1 aromatic carbocycles. The van der Waals surface area contributed by atoms with E-state index >= 15 is 0 Å². The van der Waals surface area contributed by atoms with Crippen molar-refractivity contribution in [3.05, 3.63) is 65.6 Å². The van der Waals surface area contributed by atoms with Gasteiger partial charge in [0.05, 0.1) is 17.4 Å². The summed E-state index contributed by atoms with van der Waals surface area (Å²) in [7, 11) is 0. The van der Waals surface area contributed by atoms with Crippen LogP contribution >= 0.6 is 0 Å². The van der Waals surface area contributed by atoms with Gasteiger partial charge >= 0.3 is 12.1 Å². The lowest BCUT2D eigenvalue weighted by molar-refractivity contribution is -0.170. The summed E-state index contributed by atoms with van der Waals surface area (Å²) in [5, 5.41) is 3.16. The molecule has 156 valence electrons. The van der Waals surface area contributed by atoms with E-state index in [0.29, 0.717) is 28.3 Å². The van der Waals surface area contributed by atoms with Gasteiger partial charge in [0.1, 0.15) is 0 Å². The van der Waals surface area contributed by atoms with E-state index in [0.717, 1.165) is 0 Å². The summed E-state index contributed by atoms with van der Waals surface area (Å²) < 4.78 is 41.0. The molecule has 0 unspecified atom stereocenters. The monoisotopic (exact) mass is 415 g/mol. The minimum Gasteiger partial charge on any atom is -0.357 e. The minimum absolute atomic E-state index is 0.0636. The second-order valence-corrected chi connectivity index (χ2v) is 8.34. The van der Waals surface area contributed by atoms with Crippen molar-refractivity contribution in [2.24, 2.45) is 5.41 Å². The molecule has 1 atom stereocenters. The fourth-order valence-corrected chi connectivity index (χ4v) is 4.20. The zero-order valence-electron chi connectivity index (χ0n) is 16.5. The second-order valence-electron chi connectivity index (χ2n) is 8.34. The number of carbonyl (C=O) groups is 2. The first-order chi connectivity index (χ1) is 14.1. The molecule has 0 spiro atoms. The number of hydrogen-bond donors (Lipinski definition) is 1. The smallest absolute Gasteiger partial charge is 0.357 e. The first kappa shape index (κ1) is 20.1. The van der Waals surface area contributed by atoms with E-state index in [-0.39, 0.29) is 28.9 Å². The van der Waals surface area contributed by atoms with Gasteiger partial charge in [0.2, 0.25) is 0 Å². The molecule has 0 fully saturated rings. The number of hydrogen-bond acceptors (Lipinski definition) is 4. The number of amides is 1. The minimum atomic E-state index is -5.12. The first-order valence-electron chi connectivity index (χ1n) is 9.51. The lowest BCUT2D eigenvalue weighted by Crippen LogP contribution is -2.45. The van der Waals surface area contributed by atoms with Gasteiger partial charge in [-0.2, -0.15) is 13.2 Å². The standard InChI is InChI=1S/C22H20F3N3O2/c1-21(2)10-15-18(17(29)11-21)19(13-6-5-9-26-12-13)28(20(30)22(23,24)25)16-8-4-3-7-14(16)27-15/h3-9,12,19,27H,10-11H2,1-2H3/t19-/m0/s1. The molecular weight excluding hydrogens is 395 g/mol. The highest BCUT2D eigenvalue weighted by atomic mass is 19.4. The van der Waals surface area contributed by atoms with Crippen LogP contribution in [0.3, 0.4) is 0 Å².